The summed E-state index contributed by atoms with van der Waals surface area (Å²) in [7, 11) is 1.56. The van der Waals surface area contributed by atoms with Crippen LogP contribution < -0.4 is 10.1 Å². The van der Waals surface area contributed by atoms with E-state index >= 15 is 0 Å². The zero-order chi connectivity index (χ0) is 14.1. The fourth-order valence-electron chi connectivity index (χ4n) is 1.81. The average Bonchev–Trinajstić information content (AvgIpc) is 2.45. The maximum atomic E-state index is 11.8. The van der Waals surface area contributed by atoms with Crippen molar-refractivity contribution < 1.29 is 19.1 Å². The van der Waals surface area contributed by atoms with Crippen molar-refractivity contribution in [1.82, 2.24) is 5.32 Å². The van der Waals surface area contributed by atoms with Crippen LogP contribution in [0, 0.1) is 0 Å². The molecule has 0 aliphatic rings. The summed E-state index contributed by atoms with van der Waals surface area (Å²) in [6.07, 6.45) is 2.22. The van der Waals surface area contributed by atoms with Gasteiger partial charge in [-0.25, -0.2) is 0 Å². The molecule has 0 heterocycles. The highest BCUT2D eigenvalue weighted by atomic mass is 16.5. The highest BCUT2D eigenvalue weighted by Crippen LogP contribution is 2.24. The Kier molecular flexibility index (Phi) is 6.29. The maximum Gasteiger partial charge on any atom is 0.227 e. The molecule has 0 radical (unpaired) electrons. The number of aldehydes is 2. The van der Waals surface area contributed by atoms with Crippen molar-refractivity contribution in [3.63, 3.8) is 0 Å². The van der Waals surface area contributed by atoms with Crippen LogP contribution in [0.3, 0.4) is 0 Å². The second-order valence-corrected chi connectivity index (χ2v) is 3.96. The molecule has 1 rings (SSSR count). The normalized spacial score (nSPS) is 11.4. The second-order valence-electron chi connectivity index (χ2n) is 3.96. The third kappa shape index (κ3) is 4.54. The molecule has 1 amide bonds. The van der Waals surface area contributed by atoms with Crippen LogP contribution in [0.15, 0.2) is 24.3 Å². The number of amides is 1. The SMILES string of the molecule is CNC(=O)C(CCC=O)c1cccc(OCC=O)c1. The summed E-state index contributed by atoms with van der Waals surface area (Å²) in [6, 6.07) is 6.99. The van der Waals surface area contributed by atoms with Gasteiger partial charge in [0.05, 0.1) is 5.92 Å². The van der Waals surface area contributed by atoms with Crippen molar-refractivity contribution in [3.8, 4) is 5.75 Å². The van der Waals surface area contributed by atoms with E-state index < -0.39 is 5.92 Å². The van der Waals surface area contributed by atoms with Crippen LogP contribution in [0.1, 0.15) is 24.3 Å². The Morgan fingerprint density at radius 1 is 1.37 bits per heavy atom. The molecular weight excluding hydrogens is 246 g/mol. The van der Waals surface area contributed by atoms with Crippen molar-refractivity contribution in [2.45, 2.75) is 18.8 Å². The fourth-order valence-corrected chi connectivity index (χ4v) is 1.81. The van der Waals surface area contributed by atoms with Gasteiger partial charge in [-0.2, -0.15) is 0 Å². The van der Waals surface area contributed by atoms with Gasteiger partial charge in [0, 0.05) is 13.5 Å². The highest BCUT2D eigenvalue weighted by molar-refractivity contribution is 5.83. The molecule has 1 N–H and O–H groups in total. The molecule has 0 aliphatic heterocycles. The van der Waals surface area contributed by atoms with E-state index in [1.165, 1.54) is 0 Å². The zero-order valence-electron chi connectivity index (χ0n) is 10.8. The van der Waals surface area contributed by atoms with Crippen LogP contribution in [0.2, 0.25) is 0 Å². The predicted octanol–water partition coefficient (Wildman–Crippen LogP) is 1.07. The van der Waals surface area contributed by atoms with Crippen molar-refractivity contribution in [2.75, 3.05) is 13.7 Å². The smallest absolute Gasteiger partial charge is 0.227 e. The number of nitrogens with one attached hydrogen (secondary N) is 1. The second kappa shape index (κ2) is 8.02. The molecule has 0 fully saturated rings. The Labute approximate surface area is 111 Å². The lowest BCUT2D eigenvalue weighted by atomic mass is 9.93. The van der Waals surface area contributed by atoms with Crippen LogP contribution in [0.4, 0.5) is 0 Å². The van der Waals surface area contributed by atoms with Gasteiger partial charge < -0.3 is 14.8 Å². The first-order valence-electron chi connectivity index (χ1n) is 6.04. The van der Waals surface area contributed by atoms with Crippen LogP contribution in [0.5, 0.6) is 5.75 Å². The number of ether oxygens (including phenoxy) is 1. The maximum absolute atomic E-state index is 11.8. The van der Waals surface area contributed by atoms with Gasteiger partial charge in [0.25, 0.3) is 0 Å². The summed E-state index contributed by atoms with van der Waals surface area (Å²) in [5.41, 5.74) is 0.768. The van der Waals surface area contributed by atoms with E-state index in [0.717, 1.165) is 11.8 Å². The van der Waals surface area contributed by atoms with Crippen LogP contribution >= 0.6 is 0 Å². The van der Waals surface area contributed by atoms with E-state index in [9.17, 15) is 14.4 Å². The van der Waals surface area contributed by atoms with E-state index in [1.54, 1.807) is 31.3 Å². The van der Waals surface area contributed by atoms with Crippen molar-refractivity contribution in [2.24, 2.45) is 0 Å². The molecule has 1 aromatic carbocycles. The van der Waals surface area contributed by atoms with Crippen molar-refractivity contribution in [3.05, 3.63) is 29.8 Å². The number of carbonyl (C=O) groups excluding carboxylic acids is 3. The molecule has 0 aromatic heterocycles. The van der Waals surface area contributed by atoms with E-state index in [2.05, 4.69) is 5.32 Å². The quantitative estimate of drug-likeness (QED) is 0.712. The van der Waals surface area contributed by atoms with Gasteiger partial charge in [-0.1, -0.05) is 12.1 Å². The lowest BCUT2D eigenvalue weighted by Crippen LogP contribution is -2.26. The number of rotatable bonds is 8. The Morgan fingerprint density at radius 3 is 2.79 bits per heavy atom. The minimum atomic E-state index is -0.394. The number of carbonyl (C=O) groups is 3. The first kappa shape index (κ1) is 14.9. The number of hydrogen-bond donors (Lipinski definition) is 1. The summed E-state index contributed by atoms with van der Waals surface area (Å²) < 4.78 is 5.19. The van der Waals surface area contributed by atoms with Gasteiger partial charge in [0.1, 0.15) is 18.6 Å². The molecular formula is C14H17NO4. The first-order valence-corrected chi connectivity index (χ1v) is 6.04. The topological polar surface area (TPSA) is 72.5 Å². The predicted molar refractivity (Wildman–Crippen MR) is 70.1 cm³/mol. The summed E-state index contributed by atoms with van der Waals surface area (Å²) >= 11 is 0. The summed E-state index contributed by atoms with van der Waals surface area (Å²) in [4.78, 5) is 32.5. The highest BCUT2D eigenvalue weighted by Gasteiger charge is 2.19. The van der Waals surface area contributed by atoms with Crippen LogP contribution in [-0.4, -0.2) is 32.1 Å². The average molecular weight is 263 g/mol. The lowest BCUT2D eigenvalue weighted by molar-refractivity contribution is -0.122. The zero-order valence-corrected chi connectivity index (χ0v) is 10.8. The number of likely N-dealkylation sites (N-methyl/N-ethyl adjacent to an activating group) is 1. The van der Waals surface area contributed by atoms with Gasteiger partial charge >= 0.3 is 0 Å². The lowest BCUT2D eigenvalue weighted by Gasteiger charge is -2.15. The van der Waals surface area contributed by atoms with Crippen molar-refractivity contribution in [1.29, 1.82) is 0 Å². The van der Waals surface area contributed by atoms with E-state index in [4.69, 9.17) is 4.74 Å². The van der Waals surface area contributed by atoms with E-state index in [1.807, 2.05) is 0 Å². The molecule has 19 heavy (non-hydrogen) atoms. The van der Waals surface area contributed by atoms with E-state index in [-0.39, 0.29) is 12.5 Å². The van der Waals surface area contributed by atoms with Gasteiger partial charge in [-0.15, -0.1) is 0 Å². The Morgan fingerprint density at radius 2 is 2.16 bits per heavy atom. The Bertz CT molecular complexity index is 445. The summed E-state index contributed by atoms with van der Waals surface area (Å²) in [6.45, 7) is -0.0254. The third-order valence-corrected chi connectivity index (χ3v) is 2.71. The molecule has 102 valence electrons. The van der Waals surface area contributed by atoms with Gasteiger partial charge in [-0.3, -0.25) is 9.59 Å². The van der Waals surface area contributed by atoms with Gasteiger partial charge in [0.15, 0.2) is 6.29 Å². The molecule has 0 spiro atoms. The molecule has 5 nitrogen and oxygen atoms in total. The fraction of sp³-hybridized carbons (Fsp3) is 0.357. The number of hydrogen-bond acceptors (Lipinski definition) is 4. The monoisotopic (exact) mass is 263 g/mol. The molecule has 0 saturated carbocycles. The Hall–Kier alpha value is -2.17. The van der Waals surface area contributed by atoms with Gasteiger partial charge in [0.2, 0.25) is 5.91 Å². The largest absolute Gasteiger partial charge is 0.486 e. The molecule has 5 heteroatoms. The molecule has 1 unspecified atom stereocenters. The van der Waals surface area contributed by atoms with Crippen LogP contribution in [-0.2, 0) is 14.4 Å². The van der Waals surface area contributed by atoms with Gasteiger partial charge in [-0.05, 0) is 24.1 Å². The summed E-state index contributed by atoms with van der Waals surface area (Å²) in [5, 5.41) is 2.58. The van der Waals surface area contributed by atoms with E-state index in [0.29, 0.717) is 24.9 Å². The minimum Gasteiger partial charge on any atom is -0.486 e. The number of benzene rings is 1. The molecule has 0 bridgehead atoms. The first-order chi connectivity index (χ1) is 9.22. The molecule has 1 aromatic rings. The molecule has 0 saturated heterocycles. The minimum absolute atomic E-state index is 0.0254. The van der Waals surface area contributed by atoms with Crippen LogP contribution in [0.25, 0.3) is 0 Å². The summed E-state index contributed by atoms with van der Waals surface area (Å²) in [5.74, 6) is -0.00558. The standard InChI is InChI=1S/C14H17NO4/c1-15-14(18)13(6-3-7-16)11-4-2-5-12(10-11)19-9-8-17/h2,4-5,7-8,10,13H,3,6,9H2,1H3,(H,15,18). The molecule has 0 aliphatic carbocycles. The Balaban J connectivity index is 2.90. The third-order valence-electron chi connectivity index (χ3n) is 2.71. The molecule has 1 atom stereocenters. The van der Waals surface area contributed by atoms with Crippen molar-refractivity contribution >= 4 is 18.5 Å².